The maximum absolute atomic E-state index is 12.0. The molecule has 0 bridgehead atoms. The number of nitrogens with one attached hydrogen (secondary N) is 1. The Bertz CT molecular complexity index is 260. The molecular weight excluding hydrogens is 226 g/mol. The maximum Gasteiger partial charge on any atom is 0.224 e. The molecule has 1 saturated carbocycles. The van der Waals surface area contributed by atoms with Crippen LogP contribution in [-0.4, -0.2) is 43.0 Å². The summed E-state index contributed by atoms with van der Waals surface area (Å²) >= 11 is 0. The van der Waals surface area contributed by atoms with E-state index in [1.54, 1.807) is 0 Å². The fourth-order valence-corrected chi connectivity index (χ4v) is 2.65. The lowest BCUT2D eigenvalue weighted by Crippen LogP contribution is -2.41. The Hall–Kier alpha value is -0.610. The fourth-order valence-electron chi connectivity index (χ4n) is 2.65. The Morgan fingerprint density at radius 1 is 1.33 bits per heavy atom. The average Bonchev–Trinajstić information content (AvgIpc) is 3.04. The van der Waals surface area contributed by atoms with Crippen molar-refractivity contribution in [1.82, 2.24) is 10.2 Å². The summed E-state index contributed by atoms with van der Waals surface area (Å²) in [6.07, 6.45) is 8.30. The zero-order valence-corrected chi connectivity index (χ0v) is 11.4. The van der Waals surface area contributed by atoms with Crippen LogP contribution in [0.15, 0.2) is 0 Å². The summed E-state index contributed by atoms with van der Waals surface area (Å²) in [5.41, 5.74) is 5.74. The van der Waals surface area contributed by atoms with E-state index in [1.165, 1.54) is 25.7 Å². The van der Waals surface area contributed by atoms with E-state index >= 15 is 0 Å². The SMILES string of the molecule is NCC(CC(=O)N1CCCC1)NCCCC1CC1. The Kier molecular flexibility index (Phi) is 5.45. The molecule has 0 aromatic carbocycles. The quantitative estimate of drug-likeness (QED) is 0.637. The predicted octanol–water partition coefficient (Wildman–Crippen LogP) is 1.11. The number of rotatable bonds is 8. The van der Waals surface area contributed by atoms with E-state index in [9.17, 15) is 4.79 Å². The first-order chi connectivity index (χ1) is 8.79. The van der Waals surface area contributed by atoms with Gasteiger partial charge in [-0.3, -0.25) is 4.79 Å². The van der Waals surface area contributed by atoms with Crippen LogP contribution in [0, 0.1) is 5.92 Å². The van der Waals surface area contributed by atoms with Gasteiger partial charge in [0.15, 0.2) is 0 Å². The average molecular weight is 253 g/mol. The Balaban J connectivity index is 1.59. The highest BCUT2D eigenvalue weighted by atomic mass is 16.2. The van der Waals surface area contributed by atoms with Crippen molar-refractivity contribution in [1.29, 1.82) is 0 Å². The summed E-state index contributed by atoms with van der Waals surface area (Å²) < 4.78 is 0. The molecule has 1 unspecified atom stereocenters. The van der Waals surface area contributed by atoms with Crippen LogP contribution < -0.4 is 11.1 Å². The highest BCUT2D eigenvalue weighted by Gasteiger charge is 2.22. The van der Waals surface area contributed by atoms with Gasteiger partial charge in [-0.15, -0.1) is 0 Å². The maximum atomic E-state index is 12.0. The third kappa shape index (κ3) is 4.58. The van der Waals surface area contributed by atoms with Crippen LogP contribution in [0.4, 0.5) is 0 Å². The van der Waals surface area contributed by atoms with Crippen molar-refractivity contribution in [3.05, 3.63) is 0 Å². The lowest BCUT2D eigenvalue weighted by atomic mass is 10.1. The molecule has 1 saturated heterocycles. The van der Waals surface area contributed by atoms with E-state index in [4.69, 9.17) is 5.73 Å². The molecule has 4 nitrogen and oxygen atoms in total. The van der Waals surface area contributed by atoms with Crippen molar-refractivity contribution >= 4 is 5.91 Å². The van der Waals surface area contributed by atoms with E-state index in [1.807, 2.05) is 4.90 Å². The van der Waals surface area contributed by atoms with Gasteiger partial charge in [-0.25, -0.2) is 0 Å². The zero-order chi connectivity index (χ0) is 12.8. The third-order valence-electron chi connectivity index (χ3n) is 4.08. The Morgan fingerprint density at radius 2 is 2.06 bits per heavy atom. The van der Waals surface area contributed by atoms with E-state index in [-0.39, 0.29) is 11.9 Å². The third-order valence-corrected chi connectivity index (χ3v) is 4.08. The Morgan fingerprint density at radius 3 is 2.67 bits per heavy atom. The summed E-state index contributed by atoms with van der Waals surface area (Å²) in [5, 5.41) is 3.43. The van der Waals surface area contributed by atoms with Crippen LogP contribution >= 0.6 is 0 Å². The highest BCUT2D eigenvalue weighted by molar-refractivity contribution is 5.77. The smallest absolute Gasteiger partial charge is 0.224 e. The minimum Gasteiger partial charge on any atom is -0.343 e. The number of hydrogen-bond donors (Lipinski definition) is 2. The minimum atomic E-state index is 0.164. The summed E-state index contributed by atoms with van der Waals surface area (Å²) in [7, 11) is 0. The Labute approximate surface area is 110 Å². The molecule has 1 atom stereocenters. The second-order valence-electron chi connectivity index (χ2n) is 5.76. The molecule has 0 aromatic rings. The first-order valence-corrected chi connectivity index (χ1v) is 7.51. The monoisotopic (exact) mass is 253 g/mol. The van der Waals surface area contributed by atoms with Gasteiger partial charge >= 0.3 is 0 Å². The molecule has 1 heterocycles. The van der Waals surface area contributed by atoms with Gasteiger partial charge in [0.25, 0.3) is 0 Å². The first kappa shape index (κ1) is 13.8. The standard InChI is InChI=1S/C14H27N3O/c15-11-13(16-7-3-4-12-5-6-12)10-14(18)17-8-1-2-9-17/h12-13,16H,1-11,15H2. The normalized spacial score (nSPS) is 21.3. The minimum absolute atomic E-state index is 0.164. The van der Waals surface area contributed by atoms with Crippen LogP contribution in [0.3, 0.4) is 0 Å². The molecule has 1 amide bonds. The van der Waals surface area contributed by atoms with Gasteiger partial charge in [0.05, 0.1) is 0 Å². The van der Waals surface area contributed by atoms with Gasteiger partial charge in [0.1, 0.15) is 0 Å². The van der Waals surface area contributed by atoms with Gasteiger partial charge in [0, 0.05) is 32.1 Å². The molecule has 4 heteroatoms. The van der Waals surface area contributed by atoms with Crippen LogP contribution in [0.1, 0.15) is 44.9 Å². The van der Waals surface area contributed by atoms with E-state index in [0.29, 0.717) is 13.0 Å². The van der Waals surface area contributed by atoms with Crippen LogP contribution in [0.25, 0.3) is 0 Å². The van der Waals surface area contributed by atoms with Gasteiger partial charge in [-0.1, -0.05) is 12.8 Å². The summed E-state index contributed by atoms with van der Waals surface area (Å²) in [6, 6.07) is 0.164. The molecule has 0 radical (unpaired) electrons. The summed E-state index contributed by atoms with van der Waals surface area (Å²) in [4.78, 5) is 14.0. The molecule has 3 N–H and O–H groups in total. The van der Waals surface area contributed by atoms with Gasteiger partial charge in [0.2, 0.25) is 5.91 Å². The van der Waals surface area contributed by atoms with Gasteiger partial charge in [-0.05, 0) is 38.1 Å². The molecule has 0 aromatic heterocycles. The molecule has 104 valence electrons. The lowest BCUT2D eigenvalue weighted by Gasteiger charge is -2.21. The summed E-state index contributed by atoms with van der Waals surface area (Å²) in [6.45, 7) is 3.45. The van der Waals surface area contributed by atoms with Crippen molar-refractivity contribution in [3.8, 4) is 0 Å². The van der Waals surface area contributed by atoms with Crippen molar-refractivity contribution in [2.24, 2.45) is 11.7 Å². The van der Waals surface area contributed by atoms with Crippen molar-refractivity contribution in [2.45, 2.75) is 51.0 Å². The van der Waals surface area contributed by atoms with Gasteiger partial charge in [-0.2, -0.15) is 0 Å². The van der Waals surface area contributed by atoms with Crippen LogP contribution in [0.5, 0.6) is 0 Å². The predicted molar refractivity (Wildman–Crippen MR) is 73.2 cm³/mol. The molecule has 2 rings (SSSR count). The highest BCUT2D eigenvalue weighted by Crippen LogP contribution is 2.33. The number of carbonyl (C=O) groups excluding carboxylic acids is 1. The fraction of sp³-hybridized carbons (Fsp3) is 0.929. The molecule has 1 aliphatic carbocycles. The van der Waals surface area contributed by atoms with Crippen molar-refractivity contribution in [3.63, 3.8) is 0 Å². The lowest BCUT2D eigenvalue weighted by molar-refractivity contribution is -0.130. The zero-order valence-electron chi connectivity index (χ0n) is 11.4. The number of nitrogens with zero attached hydrogens (tertiary/aromatic N) is 1. The molecular formula is C14H27N3O. The molecule has 2 fully saturated rings. The van der Waals surface area contributed by atoms with Crippen LogP contribution in [0.2, 0.25) is 0 Å². The number of likely N-dealkylation sites (tertiary alicyclic amines) is 1. The van der Waals surface area contributed by atoms with E-state index in [2.05, 4.69) is 5.32 Å². The molecule has 18 heavy (non-hydrogen) atoms. The van der Waals surface area contributed by atoms with Gasteiger partial charge < -0.3 is 16.0 Å². The number of hydrogen-bond acceptors (Lipinski definition) is 3. The molecule has 1 aliphatic heterocycles. The number of nitrogens with two attached hydrogens (primary N) is 1. The molecule has 0 spiro atoms. The van der Waals surface area contributed by atoms with E-state index < -0.39 is 0 Å². The molecule has 2 aliphatic rings. The number of carbonyl (C=O) groups is 1. The first-order valence-electron chi connectivity index (χ1n) is 7.51. The largest absolute Gasteiger partial charge is 0.343 e. The second-order valence-corrected chi connectivity index (χ2v) is 5.76. The van der Waals surface area contributed by atoms with Crippen LogP contribution in [-0.2, 0) is 4.79 Å². The van der Waals surface area contributed by atoms with Crippen molar-refractivity contribution in [2.75, 3.05) is 26.2 Å². The van der Waals surface area contributed by atoms with Crippen molar-refractivity contribution < 1.29 is 4.79 Å². The number of amides is 1. The van der Waals surface area contributed by atoms with E-state index in [0.717, 1.165) is 38.4 Å². The second kappa shape index (κ2) is 7.10. The summed E-state index contributed by atoms with van der Waals surface area (Å²) in [5.74, 6) is 1.27. The topological polar surface area (TPSA) is 58.4 Å².